The van der Waals surface area contributed by atoms with E-state index in [1.54, 1.807) is 6.20 Å². The van der Waals surface area contributed by atoms with Gasteiger partial charge in [-0.2, -0.15) is 4.39 Å². The molecule has 0 atom stereocenters. The zero-order valence-electron chi connectivity index (χ0n) is 8.62. The SMILES string of the molecule is Fc1nccnc1N1CCC2(CCC2)C1. The van der Waals surface area contributed by atoms with Gasteiger partial charge in [-0.25, -0.2) is 9.97 Å². The van der Waals surface area contributed by atoms with Gasteiger partial charge in [-0.05, 0) is 24.7 Å². The van der Waals surface area contributed by atoms with Gasteiger partial charge in [0.25, 0.3) is 5.95 Å². The molecule has 1 aromatic heterocycles. The number of nitrogens with zero attached hydrogens (tertiary/aromatic N) is 3. The second-order valence-corrected chi connectivity index (χ2v) is 4.70. The fraction of sp³-hybridized carbons (Fsp3) is 0.636. The van der Waals surface area contributed by atoms with E-state index in [-0.39, 0.29) is 0 Å². The Hall–Kier alpha value is -1.19. The van der Waals surface area contributed by atoms with Crippen LogP contribution in [0.15, 0.2) is 12.4 Å². The Morgan fingerprint density at radius 3 is 2.60 bits per heavy atom. The highest BCUT2D eigenvalue weighted by Gasteiger charge is 2.43. The molecule has 0 amide bonds. The summed E-state index contributed by atoms with van der Waals surface area (Å²) in [4.78, 5) is 9.76. The molecule has 15 heavy (non-hydrogen) atoms. The number of anilines is 1. The summed E-state index contributed by atoms with van der Waals surface area (Å²) in [6, 6.07) is 0. The van der Waals surface area contributed by atoms with Crippen molar-refractivity contribution in [3.05, 3.63) is 18.3 Å². The molecule has 2 fully saturated rings. The lowest BCUT2D eigenvalue weighted by atomic mass is 9.68. The van der Waals surface area contributed by atoms with Crippen molar-refractivity contribution in [2.75, 3.05) is 18.0 Å². The summed E-state index contributed by atoms with van der Waals surface area (Å²) >= 11 is 0. The molecule has 80 valence electrons. The first-order valence-corrected chi connectivity index (χ1v) is 5.51. The third kappa shape index (κ3) is 1.39. The van der Waals surface area contributed by atoms with Crippen LogP contribution in [0.3, 0.4) is 0 Å². The van der Waals surface area contributed by atoms with Crippen molar-refractivity contribution in [3.63, 3.8) is 0 Å². The molecule has 1 aromatic rings. The van der Waals surface area contributed by atoms with E-state index in [0.717, 1.165) is 13.1 Å². The van der Waals surface area contributed by atoms with Crippen LogP contribution in [0.4, 0.5) is 10.2 Å². The Bertz CT molecular complexity index is 376. The van der Waals surface area contributed by atoms with Gasteiger partial charge in [0.1, 0.15) is 0 Å². The normalized spacial score (nSPS) is 23.1. The number of hydrogen-bond acceptors (Lipinski definition) is 3. The molecule has 0 bridgehead atoms. The monoisotopic (exact) mass is 207 g/mol. The molecule has 2 heterocycles. The maximum Gasteiger partial charge on any atom is 0.255 e. The second-order valence-electron chi connectivity index (χ2n) is 4.70. The van der Waals surface area contributed by atoms with Crippen LogP contribution in [0.1, 0.15) is 25.7 Å². The van der Waals surface area contributed by atoms with Gasteiger partial charge in [0.15, 0.2) is 5.82 Å². The van der Waals surface area contributed by atoms with E-state index < -0.39 is 5.95 Å². The molecule has 0 N–H and O–H groups in total. The summed E-state index contributed by atoms with van der Waals surface area (Å²) in [6.45, 7) is 1.89. The summed E-state index contributed by atoms with van der Waals surface area (Å²) in [5.74, 6) is -0.00449. The van der Waals surface area contributed by atoms with Crippen LogP contribution in [0.2, 0.25) is 0 Å². The predicted octanol–water partition coefficient (Wildman–Crippen LogP) is 2.00. The van der Waals surface area contributed by atoms with Crippen molar-refractivity contribution in [1.82, 2.24) is 9.97 Å². The van der Waals surface area contributed by atoms with E-state index in [1.807, 2.05) is 4.90 Å². The standard InChI is InChI=1S/C11H14FN3/c12-9-10(14-6-5-13-9)15-7-4-11(8-15)2-1-3-11/h5-6H,1-4,7-8H2. The number of rotatable bonds is 1. The van der Waals surface area contributed by atoms with Crippen molar-refractivity contribution >= 4 is 5.82 Å². The van der Waals surface area contributed by atoms with Gasteiger partial charge in [-0.15, -0.1) is 0 Å². The van der Waals surface area contributed by atoms with Crippen LogP contribution < -0.4 is 4.90 Å². The molecular weight excluding hydrogens is 193 g/mol. The first kappa shape index (κ1) is 9.07. The lowest BCUT2D eigenvalue weighted by Gasteiger charge is -2.38. The molecule has 0 unspecified atom stereocenters. The quantitative estimate of drug-likeness (QED) is 0.705. The molecule has 0 aromatic carbocycles. The number of hydrogen-bond donors (Lipinski definition) is 0. The maximum absolute atomic E-state index is 13.4. The van der Waals surface area contributed by atoms with Crippen molar-refractivity contribution in [2.24, 2.45) is 5.41 Å². The summed E-state index contributed by atoms with van der Waals surface area (Å²) in [6.07, 6.45) is 8.06. The lowest BCUT2D eigenvalue weighted by Crippen LogP contribution is -2.33. The van der Waals surface area contributed by atoms with E-state index in [4.69, 9.17) is 0 Å². The average Bonchev–Trinajstić information content (AvgIpc) is 2.63. The highest BCUT2D eigenvalue weighted by molar-refractivity contribution is 5.39. The first-order valence-electron chi connectivity index (χ1n) is 5.51. The molecule has 1 saturated carbocycles. The zero-order valence-corrected chi connectivity index (χ0v) is 8.62. The summed E-state index contributed by atoms with van der Waals surface area (Å²) in [7, 11) is 0. The maximum atomic E-state index is 13.4. The molecule has 2 aliphatic rings. The Labute approximate surface area is 88.3 Å². The average molecular weight is 207 g/mol. The van der Waals surface area contributed by atoms with Crippen molar-refractivity contribution < 1.29 is 4.39 Å². The zero-order chi connectivity index (χ0) is 10.3. The van der Waals surface area contributed by atoms with Crippen LogP contribution >= 0.6 is 0 Å². The van der Waals surface area contributed by atoms with E-state index in [9.17, 15) is 4.39 Å². The van der Waals surface area contributed by atoms with Gasteiger partial charge >= 0.3 is 0 Å². The van der Waals surface area contributed by atoms with E-state index in [0.29, 0.717) is 11.2 Å². The van der Waals surface area contributed by atoms with Gasteiger partial charge in [-0.1, -0.05) is 6.42 Å². The van der Waals surface area contributed by atoms with Gasteiger partial charge in [-0.3, -0.25) is 0 Å². The predicted molar refractivity (Wildman–Crippen MR) is 55.1 cm³/mol. The second kappa shape index (κ2) is 3.15. The van der Waals surface area contributed by atoms with E-state index >= 15 is 0 Å². The van der Waals surface area contributed by atoms with Crippen LogP contribution in [-0.4, -0.2) is 23.1 Å². The van der Waals surface area contributed by atoms with Gasteiger partial charge < -0.3 is 4.90 Å². The van der Waals surface area contributed by atoms with Gasteiger partial charge in [0.2, 0.25) is 0 Å². The lowest BCUT2D eigenvalue weighted by molar-refractivity contribution is 0.165. The first-order chi connectivity index (χ1) is 7.29. The third-order valence-electron chi connectivity index (χ3n) is 3.79. The molecule has 3 rings (SSSR count). The highest BCUT2D eigenvalue weighted by atomic mass is 19.1. The van der Waals surface area contributed by atoms with Gasteiger partial charge in [0.05, 0.1) is 0 Å². The smallest absolute Gasteiger partial charge is 0.255 e. The molecule has 4 heteroatoms. The van der Waals surface area contributed by atoms with Crippen molar-refractivity contribution in [2.45, 2.75) is 25.7 Å². The topological polar surface area (TPSA) is 29.0 Å². The Morgan fingerprint density at radius 1 is 1.20 bits per heavy atom. The van der Waals surface area contributed by atoms with Crippen molar-refractivity contribution in [3.8, 4) is 0 Å². The van der Waals surface area contributed by atoms with Crippen molar-refractivity contribution in [1.29, 1.82) is 0 Å². The fourth-order valence-electron chi connectivity index (χ4n) is 2.73. The molecule has 1 spiro atoms. The Kier molecular flexibility index (Phi) is 1.90. The minimum atomic E-state index is -0.436. The molecule has 1 aliphatic carbocycles. The van der Waals surface area contributed by atoms with Crippen LogP contribution in [0.25, 0.3) is 0 Å². The Morgan fingerprint density at radius 2 is 2.00 bits per heavy atom. The minimum Gasteiger partial charge on any atom is -0.352 e. The number of aromatic nitrogens is 2. The molecule has 1 aliphatic heterocycles. The molecule has 0 radical (unpaired) electrons. The van der Waals surface area contributed by atoms with Crippen LogP contribution in [-0.2, 0) is 0 Å². The van der Waals surface area contributed by atoms with E-state index in [2.05, 4.69) is 9.97 Å². The summed E-state index contributed by atoms with van der Waals surface area (Å²) in [5.41, 5.74) is 0.476. The fourth-order valence-corrected chi connectivity index (χ4v) is 2.73. The molecular formula is C11H14FN3. The molecule has 1 saturated heterocycles. The number of halogens is 1. The Balaban J connectivity index is 1.82. The summed E-state index contributed by atoms with van der Waals surface area (Å²) < 4.78 is 13.4. The van der Waals surface area contributed by atoms with E-state index in [1.165, 1.54) is 31.9 Å². The summed E-state index contributed by atoms with van der Waals surface area (Å²) in [5, 5.41) is 0. The highest BCUT2D eigenvalue weighted by Crippen LogP contribution is 2.48. The minimum absolute atomic E-state index is 0.432. The van der Waals surface area contributed by atoms with Crippen LogP contribution in [0, 0.1) is 11.4 Å². The molecule has 3 nitrogen and oxygen atoms in total. The largest absolute Gasteiger partial charge is 0.352 e. The van der Waals surface area contributed by atoms with Crippen LogP contribution in [0.5, 0.6) is 0 Å². The third-order valence-corrected chi connectivity index (χ3v) is 3.79. The van der Waals surface area contributed by atoms with Gasteiger partial charge in [0, 0.05) is 25.5 Å².